The highest BCUT2D eigenvalue weighted by Gasteiger charge is 2.31. The Bertz CT molecular complexity index is 1920. The van der Waals surface area contributed by atoms with Gasteiger partial charge in [-0.05, 0) is 41.5 Å². The summed E-state index contributed by atoms with van der Waals surface area (Å²) < 4.78 is 22.5. The fourth-order valence-corrected chi connectivity index (χ4v) is 4.73. The number of nitrogens with two attached hydrogens (primary N) is 1. The largest absolute Gasteiger partial charge is 0.489 e. The van der Waals surface area contributed by atoms with Gasteiger partial charge in [0.25, 0.3) is 0 Å². The minimum Gasteiger partial charge on any atom is -0.489 e. The summed E-state index contributed by atoms with van der Waals surface area (Å²) in [6.45, 7) is 0.391. The molecule has 41 heavy (non-hydrogen) atoms. The third-order valence-electron chi connectivity index (χ3n) is 6.70. The highest BCUT2D eigenvalue weighted by atomic mass is 16.5. The van der Waals surface area contributed by atoms with E-state index in [1.165, 1.54) is 12.1 Å². The SMILES string of the molecule is N#CC1=C(N)Oc2cc(OC(=O)c3cc4ccccc4oc3=O)ccc2C1c1cccc(OCc2ccccc2)c1. The van der Waals surface area contributed by atoms with Crippen LogP contribution in [-0.4, -0.2) is 5.97 Å². The van der Waals surface area contributed by atoms with Gasteiger partial charge in [0, 0.05) is 17.0 Å². The fourth-order valence-electron chi connectivity index (χ4n) is 4.73. The topological polar surface area (TPSA) is 125 Å². The smallest absolute Gasteiger partial charge is 0.351 e. The van der Waals surface area contributed by atoms with Crippen LogP contribution < -0.4 is 25.6 Å². The van der Waals surface area contributed by atoms with Gasteiger partial charge in [0.1, 0.15) is 46.6 Å². The van der Waals surface area contributed by atoms with Crippen LogP contribution >= 0.6 is 0 Å². The number of nitrogens with zero attached hydrogens (tertiary/aromatic N) is 1. The molecule has 0 aliphatic carbocycles. The summed E-state index contributed by atoms with van der Waals surface area (Å²) >= 11 is 0. The Morgan fingerprint density at radius 3 is 2.54 bits per heavy atom. The zero-order valence-corrected chi connectivity index (χ0v) is 21.6. The summed E-state index contributed by atoms with van der Waals surface area (Å²) in [4.78, 5) is 25.3. The molecular formula is C33H22N2O6. The molecule has 0 bridgehead atoms. The molecule has 0 saturated carbocycles. The quantitative estimate of drug-likeness (QED) is 0.162. The zero-order valence-electron chi connectivity index (χ0n) is 21.6. The molecule has 0 fully saturated rings. The van der Waals surface area contributed by atoms with Crippen molar-refractivity contribution in [2.24, 2.45) is 5.73 Å². The molecule has 1 unspecified atom stereocenters. The molecule has 0 radical (unpaired) electrons. The van der Waals surface area contributed by atoms with Gasteiger partial charge in [0.15, 0.2) is 0 Å². The van der Waals surface area contributed by atoms with E-state index in [1.807, 2.05) is 54.6 Å². The first kappa shape index (κ1) is 25.5. The number of carbonyl (C=O) groups is 1. The monoisotopic (exact) mass is 542 g/mol. The number of para-hydroxylation sites is 1. The number of esters is 1. The first-order chi connectivity index (χ1) is 20.0. The van der Waals surface area contributed by atoms with Gasteiger partial charge in [0.2, 0.25) is 5.88 Å². The van der Waals surface area contributed by atoms with Crippen molar-refractivity contribution in [1.82, 2.24) is 0 Å². The molecule has 0 spiro atoms. The third-order valence-corrected chi connectivity index (χ3v) is 6.70. The Kier molecular flexibility index (Phi) is 6.68. The Labute approximate surface area is 234 Å². The number of rotatable bonds is 6. The molecule has 1 aliphatic rings. The Morgan fingerprint density at radius 1 is 0.902 bits per heavy atom. The minimum absolute atomic E-state index is 0.0562. The van der Waals surface area contributed by atoms with Gasteiger partial charge in [-0.2, -0.15) is 5.26 Å². The van der Waals surface area contributed by atoms with Gasteiger partial charge in [0.05, 0.1) is 5.92 Å². The fraction of sp³-hybridized carbons (Fsp3) is 0.0606. The minimum atomic E-state index is -0.874. The van der Waals surface area contributed by atoms with E-state index in [0.29, 0.717) is 34.6 Å². The van der Waals surface area contributed by atoms with Gasteiger partial charge >= 0.3 is 11.6 Å². The molecule has 8 heteroatoms. The zero-order chi connectivity index (χ0) is 28.3. The maximum absolute atomic E-state index is 12.9. The lowest BCUT2D eigenvalue weighted by atomic mass is 9.83. The molecule has 2 N–H and O–H groups in total. The van der Waals surface area contributed by atoms with Crippen molar-refractivity contribution in [2.75, 3.05) is 0 Å². The van der Waals surface area contributed by atoms with E-state index >= 15 is 0 Å². The van der Waals surface area contributed by atoms with Crippen LogP contribution in [0.25, 0.3) is 11.0 Å². The molecule has 200 valence electrons. The molecular weight excluding hydrogens is 520 g/mol. The molecule has 1 atom stereocenters. The summed E-state index contributed by atoms with van der Waals surface area (Å²) in [7, 11) is 0. The van der Waals surface area contributed by atoms with E-state index in [1.54, 1.807) is 36.4 Å². The molecule has 5 aromatic rings. The van der Waals surface area contributed by atoms with Gasteiger partial charge < -0.3 is 24.4 Å². The van der Waals surface area contributed by atoms with Gasteiger partial charge in [-0.25, -0.2) is 9.59 Å². The van der Waals surface area contributed by atoms with Crippen LogP contribution in [0, 0.1) is 11.3 Å². The number of allylic oxidation sites excluding steroid dienone is 1. The molecule has 6 rings (SSSR count). The van der Waals surface area contributed by atoms with E-state index < -0.39 is 17.5 Å². The summed E-state index contributed by atoms with van der Waals surface area (Å²) in [6.07, 6.45) is 0. The number of carbonyl (C=O) groups excluding carboxylic acids is 1. The van der Waals surface area contributed by atoms with Crippen molar-refractivity contribution in [3.8, 4) is 23.3 Å². The molecule has 4 aromatic carbocycles. The highest BCUT2D eigenvalue weighted by Crippen LogP contribution is 2.44. The highest BCUT2D eigenvalue weighted by molar-refractivity contribution is 5.94. The van der Waals surface area contributed by atoms with Crippen molar-refractivity contribution >= 4 is 16.9 Å². The van der Waals surface area contributed by atoms with E-state index in [9.17, 15) is 14.9 Å². The van der Waals surface area contributed by atoms with Gasteiger partial charge in [-0.15, -0.1) is 0 Å². The number of hydrogen-bond donors (Lipinski definition) is 1. The van der Waals surface area contributed by atoms with E-state index in [4.69, 9.17) is 24.4 Å². The normalized spacial score (nSPS) is 14.1. The Balaban J connectivity index is 1.29. The van der Waals surface area contributed by atoms with Gasteiger partial charge in [-0.1, -0.05) is 66.7 Å². The lowest BCUT2D eigenvalue weighted by molar-refractivity contribution is 0.0730. The number of nitriles is 1. The van der Waals surface area contributed by atoms with Crippen LogP contribution in [0.3, 0.4) is 0 Å². The molecule has 8 nitrogen and oxygen atoms in total. The average Bonchev–Trinajstić information content (AvgIpc) is 2.99. The lowest BCUT2D eigenvalue weighted by Gasteiger charge is -2.27. The van der Waals surface area contributed by atoms with Crippen molar-refractivity contribution in [3.05, 3.63) is 147 Å². The standard InChI is InChI=1S/C33H22N2O6/c34-18-27-30(22-10-6-11-23(15-22)38-19-20-7-2-1-3-8-20)25-14-13-24(17-29(25)40-31(27)35)39-32(36)26-16-21-9-4-5-12-28(21)41-33(26)37/h1-17,30H,19,35H2. The number of ether oxygens (including phenoxy) is 3. The van der Waals surface area contributed by atoms with Crippen molar-refractivity contribution in [2.45, 2.75) is 12.5 Å². The van der Waals surface area contributed by atoms with Crippen molar-refractivity contribution < 1.29 is 23.4 Å². The van der Waals surface area contributed by atoms with Crippen molar-refractivity contribution in [1.29, 1.82) is 5.26 Å². The number of benzene rings is 4. The summed E-state index contributed by atoms with van der Waals surface area (Å²) in [5.74, 6) is -0.386. The van der Waals surface area contributed by atoms with E-state index in [-0.39, 0.29) is 22.8 Å². The summed E-state index contributed by atoms with van der Waals surface area (Å²) in [5.41, 5.74) is 8.19. The van der Waals surface area contributed by atoms with Gasteiger partial charge in [-0.3, -0.25) is 0 Å². The third kappa shape index (κ3) is 5.12. The van der Waals surface area contributed by atoms with E-state index in [2.05, 4.69) is 6.07 Å². The lowest BCUT2D eigenvalue weighted by Crippen LogP contribution is -2.22. The number of hydrogen-bond acceptors (Lipinski definition) is 8. The second-order valence-electron chi connectivity index (χ2n) is 9.35. The Morgan fingerprint density at radius 2 is 1.71 bits per heavy atom. The second-order valence-corrected chi connectivity index (χ2v) is 9.35. The van der Waals surface area contributed by atoms with Crippen LogP contribution in [0.4, 0.5) is 0 Å². The van der Waals surface area contributed by atoms with Crippen LogP contribution in [-0.2, 0) is 6.61 Å². The molecule has 1 aliphatic heterocycles. The predicted octanol–water partition coefficient (Wildman–Crippen LogP) is 5.81. The van der Waals surface area contributed by atoms with Crippen LogP contribution in [0.1, 0.15) is 33.0 Å². The Hall–Kier alpha value is -5.81. The average molecular weight is 543 g/mol. The molecule has 2 heterocycles. The second kappa shape index (κ2) is 10.8. The molecule has 0 saturated heterocycles. The number of fused-ring (bicyclic) bond motifs is 2. The molecule has 0 amide bonds. The van der Waals surface area contributed by atoms with Crippen molar-refractivity contribution in [3.63, 3.8) is 0 Å². The predicted molar refractivity (Wildman–Crippen MR) is 150 cm³/mol. The van der Waals surface area contributed by atoms with Crippen LogP contribution in [0.2, 0.25) is 0 Å². The maximum atomic E-state index is 12.9. The molecule has 1 aromatic heterocycles. The first-order valence-corrected chi connectivity index (χ1v) is 12.7. The van der Waals surface area contributed by atoms with E-state index in [0.717, 1.165) is 11.1 Å². The maximum Gasteiger partial charge on any atom is 0.351 e. The van der Waals surface area contributed by atoms with Crippen LogP contribution in [0.15, 0.2) is 124 Å². The first-order valence-electron chi connectivity index (χ1n) is 12.7. The summed E-state index contributed by atoms with van der Waals surface area (Å²) in [5, 5.41) is 10.5. The summed E-state index contributed by atoms with van der Waals surface area (Å²) in [6, 6.07) is 32.5. The van der Waals surface area contributed by atoms with Crippen LogP contribution in [0.5, 0.6) is 17.2 Å².